The van der Waals surface area contributed by atoms with Gasteiger partial charge in [0.2, 0.25) is 5.95 Å². The third-order valence-corrected chi connectivity index (χ3v) is 3.34. The quantitative estimate of drug-likeness (QED) is 0.794. The zero-order chi connectivity index (χ0) is 16.8. The third kappa shape index (κ3) is 4.09. The highest BCUT2D eigenvalue weighted by atomic mass is 16.5. The van der Waals surface area contributed by atoms with Gasteiger partial charge < -0.3 is 15.0 Å². The van der Waals surface area contributed by atoms with Crippen molar-refractivity contribution in [1.82, 2.24) is 9.97 Å². The van der Waals surface area contributed by atoms with Crippen LogP contribution in [0.3, 0.4) is 0 Å². The Morgan fingerprint density at radius 3 is 2.57 bits per heavy atom. The fourth-order valence-corrected chi connectivity index (χ4v) is 1.93. The maximum Gasteiger partial charge on any atom is 0.345 e. The van der Waals surface area contributed by atoms with Gasteiger partial charge in [-0.05, 0) is 38.1 Å². The third-order valence-electron chi connectivity index (χ3n) is 3.34. The van der Waals surface area contributed by atoms with Crippen molar-refractivity contribution in [2.75, 3.05) is 30.4 Å². The molecule has 7 heteroatoms. The second kappa shape index (κ2) is 7.44. The number of anilines is 3. The molecule has 0 aliphatic heterocycles. The van der Waals surface area contributed by atoms with E-state index in [4.69, 9.17) is 4.74 Å². The molecule has 0 atom stereocenters. The zero-order valence-electron chi connectivity index (χ0n) is 13.4. The van der Waals surface area contributed by atoms with E-state index in [1.165, 1.54) is 6.20 Å². The Balaban J connectivity index is 2.13. The van der Waals surface area contributed by atoms with Gasteiger partial charge in [-0.2, -0.15) is 0 Å². The lowest BCUT2D eigenvalue weighted by atomic mass is 10.2. The summed E-state index contributed by atoms with van der Waals surface area (Å²) < 4.78 is 4.79. The smallest absolute Gasteiger partial charge is 0.345 e. The Morgan fingerprint density at radius 1 is 1.30 bits per heavy atom. The van der Waals surface area contributed by atoms with Crippen molar-refractivity contribution in [3.63, 3.8) is 0 Å². The molecule has 7 nitrogen and oxygen atoms in total. The van der Waals surface area contributed by atoms with E-state index in [0.717, 1.165) is 17.9 Å². The van der Waals surface area contributed by atoms with Gasteiger partial charge in [-0.3, -0.25) is 9.78 Å². The number of nitrogens with one attached hydrogen (secondary N) is 2. The van der Waals surface area contributed by atoms with Gasteiger partial charge in [0.25, 0.3) is 5.56 Å². The Labute approximate surface area is 134 Å². The van der Waals surface area contributed by atoms with Gasteiger partial charge in [0, 0.05) is 25.0 Å². The van der Waals surface area contributed by atoms with Crippen LogP contribution in [-0.4, -0.2) is 36.1 Å². The van der Waals surface area contributed by atoms with Crippen molar-refractivity contribution >= 4 is 23.3 Å². The molecule has 0 spiro atoms. The summed E-state index contributed by atoms with van der Waals surface area (Å²) >= 11 is 0. The molecule has 1 heterocycles. The van der Waals surface area contributed by atoms with E-state index < -0.39 is 11.5 Å². The standard InChI is InChI=1S/C16H20N4O3/c1-4-20(3)12-8-6-11(7-9-12)18-16-17-10-13(14(21)19-16)15(22)23-5-2/h6-10H,4-5H2,1-3H3,(H2,17,18,19,21). The van der Waals surface area contributed by atoms with E-state index in [1.807, 2.05) is 31.3 Å². The number of hydrogen-bond acceptors (Lipinski definition) is 6. The molecule has 23 heavy (non-hydrogen) atoms. The first-order valence-electron chi connectivity index (χ1n) is 7.39. The van der Waals surface area contributed by atoms with E-state index in [0.29, 0.717) is 0 Å². The number of benzene rings is 1. The number of H-pyrrole nitrogens is 1. The maximum atomic E-state index is 11.9. The summed E-state index contributed by atoms with van der Waals surface area (Å²) in [7, 11) is 2.01. The number of aromatic nitrogens is 2. The molecule has 0 bridgehead atoms. The summed E-state index contributed by atoms with van der Waals surface area (Å²) in [4.78, 5) is 32.1. The predicted octanol–water partition coefficient (Wildman–Crippen LogP) is 2.15. The molecular weight excluding hydrogens is 296 g/mol. The molecule has 0 aliphatic carbocycles. The number of rotatable bonds is 6. The van der Waals surface area contributed by atoms with Gasteiger partial charge in [0.15, 0.2) is 0 Å². The van der Waals surface area contributed by atoms with E-state index in [9.17, 15) is 9.59 Å². The molecule has 0 saturated carbocycles. The minimum Gasteiger partial charge on any atom is -0.462 e. The van der Waals surface area contributed by atoms with Gasteiger partial charge in [-0.15, -0.1) is 0 Å². The Bertz CT molecular complexity index is 725. The molecule has 2 N–H and O–H groups in total. The largest absolute Gasteiger partial charge is 0.462 e. The fraction of sp³-hybridized carbons (Fsp3) is 0.312. The second-order valence-electron chi connectivity index (χ2n) is 4.88. The predicted molar refractivity (Wildman–Crippen MR) is 89.5 cm³/mol. The number of ether oxygens (including phenoxy) is 1. The molecule has 1 aromatic carbocycles. The lowest BCUT2D eigenvalue weighted by molar-refractivity contribution is 0.0524. The number of carbonyl (C=O) groups is 1. The Morgan fingerprint density at radius 2 is 2.00 bits per heavy atom. The van der Waals surface area contributed by atoms with Crippen LogP contribution < -0.4 is 15.8 Å². The molecule has 0 unspecified atom stereocenters. The zero-order valence-corrected chi connectivity index (χ0v) is 13.4. The first-order valence-corrected chi connectivity index (χ1v) is 7.39. The van der Waals surface area contributed by atoms with Crippen LogP contribution in [0.25, 0.3) is 0 Å². The number of hydrogen-bond donors (Lipinski definition) is 2. The van der Waals surface area contributed by atoms with Crippen LogP contribution in [0.15, 0.2) is 35.3 Å². The minimum absolute atomic E-state index is 0.114. The van der Waals surface area contributed by atoms with Crippen LogP contribution >= 0.6 is 0 Å². The van der Waals surface area contributed by atoms with Gasteiger partial charge in [-0.1, -0.05) is 0 Å². The molecule has 122 valence electrons. The van der Waals surface area contributed by atoms with Gasteiger partial charge >= 0.3 is 5.97 Å². The van der Waals surface area contributed by atoms with Crippen LogP contribution in [0.5, 0.6) is 0 Å². The van der Waals surface area contributed by atoms with Crippen LogP contribution in [-0.2, 0) is 4.74 Å². The molecule has 0 amide bonds. The van der Waals surface area contributed by atoms with Crippen LogP contribution in [0.2, 0.25) is 0 Å². The second-order valence-corrected chi connectivity index (χ2v) is 4.88. The van der Waals surface area contributed by atoms with Gasteiger partial charge in [0.1, 0.15) is 5.56 Å². The number of nitrogens with zero attached hydrogens (tertiary/aromatic N) is 2. The Kier molecular flexibility index (Phi) is 5.35. The van der Waals surface area contributed by atoms with Crippen LogP contribution in [0.1, 0.15) is 24.2 Å². The highest BCUT2D eigenvalue weighted by Crippen LogP contribution is 2.18. The van der Waals surface area contributed by atoms with Gasteiger partial charge in [-0.25, -0.2) is 9.78 Å². The van der Waals surface area contributed by atoms with Crippen molar-refractivity contribution < 1.29 is 9.53 Å². The molecule has 0 aliphatic rings. The summed E-state index contributed by atoms with van der Waals surface area (Å²) in [6.07, 6.45) is 1.21. The molecule has 0 fully saturated rings. The summed E-state index contributed by atoms with van der Waals surface area (Å²) in [6.45, 7) is 4.87. The average molecular weight is 316 g/mol. The fourth-order valence-electron chi connectivity index (χ4n) is 1.93. The van der Waals surface area contributed by atoms with E-state index in [2.05, 4.69) is 27.1 Å². The monoisotopic (exact) mass is 316 g/mol. The lowest BCUT2D eigenvalue weighted by Crippen LogP contribution is -2.21. The number of esters is 1. The summed E-state index contributed by atoms with van der Waals surface area (Å²) in [6, 6.07) is 7.72. The summed E-state index contributed by atoms with van der Waals surface area (Å²) in [5, 5.41) is 2.99. The average Bonchev–Trinajstić information content (AvgIpc) is 2.55. The highest BCUT2D eigenvalue weighted by molar-refractivity contribution is 5.88. The SMILES string of the molecule is CCOC(=O)c1cnc(Nc2ccc(N(C)CC)cc2)[nH]c1=O. The molecule has 2 rings (SSSR count). The van der Waals surface area contributed by atoms with Gasteiger partial charge in [0.05, 0.1) is 12.8 Å². The van der Waals surface area contributed by atoms with Crippen molar-refractivity contribution in [1.29, 1.82) is 0 Å². The maximum absolute atomic E-state index is 11.9. The van der Waals surface area contributed by atoms with E-state index >= 15 is 0 Å². The topological polar surface area (TPSA) is 87.3 Å². The number of carbonyl (C=O) groups excluding carboxylic acids is 1. The van der Waals surface area contributed by atoms with Crippen LogP contribution in [0.4, 0.5) is 17.3 Å². The van der Waals surface area contributed by atoms with Crippen molar-refractivity contribution in [3.05, 3.63) is 46.4 Å². The lowest BCUT2D eigenvalue weighted by Gasteiger charge is -2.17. The summed E-state index contributed by atoms with van der Waals surface area (Å²) in [5.74, 6) is -0.417. The van der Waals surface area contributed by atoms with Crippen molar-refractivity contribution in [2.24, 2.45) is 0 Å². The van der Waals surface area contributed by atoms with Crippen molar-refractivity contribution in [3.8, 4) is 0 Å². The van der Waals surface area contributed by atoms with Crippen molar-refractivity contribution in [2.45, 2.75) is 13.8 Å². The minimum atomic E-state index is -0.681. The van der Waals surface area contributed by atoms with E-state index in [-0.39, 0.29) is 18.1 Å². The molecule has 1 aromatic heterocycles. The van der Waals surface area contributed by atoms with Crippen LogP contribution in [0, 0.1) is 0 Å². The highest BCUT2D eigenvalue weighted by Gasteiger charge is 2.12. The first kappa shape index (κ1) is 16.5. The molecule has 0 radical (unpaired) electrons. The molecule has 0 saturated heterocycles. The van der Waals surface area contributed by atoms with E-state index in [1.54, 1.807) is 6.92 Å². The number of aromatic amines is 1. The molecular formula is C16H20N4O3. The Hall–Kier alpha value is -2.83. The first-order chi connectivity index (χ1) is 11.0. The molecule has 2 aromatic rings. The normalized spacial score (nSPS) is 10.2. The summed E-state index contributed by atoms with van der Waals surface area (Å²) in [5.41, 5.74) is 1.23.